The van der Waals surface area contributed by atoms with Crippen molar-refractivity contribution < 1.29 is 27.1 Å². The van der Waals surface area contributed by atoms with E-state index in [1.165, 1.54) is 0 Å². The number of aromatic nitrogens is 3. The molecule has 0 aliphatic heterocycles. The third kappa shape index (κ3) is 5.18. The number of alkyl halides is 3. The van der Waals surface area contributed by atoms with Crippen LogP contribution < -0.4 is 10.1 Å². The van der Waals surface area contributed by atoms with Gasteiger partial charge in [0.15, 0.2) is 6.10 Å². The topological polar surface area (TPSA) is 69.0 Å². The maximum Gasteiger partial charge on any atom is 0.416 e. The number of rotatable bonds is 7. The summed E-state index contributed by atoms with van der Waals surface area (Å²) in [6.07, 6.45) is -3.64. The Balaban J connectivity index is 2.19. The molecule has 1 heterocycles. The van der Waals surface area contributed by atoms with E-state index >= 15 is 0 Å². The zero-order chi connectivity index (χ0) is 20.2. The van der Waals surface area contributed by atoms with Crippen LogP contribution in [0.15, 0.2) is 24.5 Å². The van der Waals surface area contributed by atoms with Crippen molar-refractivity contribution in [2.75, 3.05) is 6.54 Å². The molecule has 0 spiro atoms. The quantitative estimate of drug-likeness (QED) is 0.739. The minimum Gasteiger partial charge on any atom is -0.449 e. The first-order valence-electron chi connectivity index (χ1n) is 8.36. The lowest BCUT2D eigenvalue weighted by Gasteiger charge is -2.19. The Morgan fingerprint density at radius 2 is 2.04 bits per heavy atom. The fourth-order valence-corrected chi connectivity index (χ4v) is 2.24. The summed E-state index contributed by atoms with van der Waals surface area (Å²) >= 11 is 0. The molecule has 0 aliphatic rings. The molecule has 0 saturated carbocycles. The highest BCUT2D eigenvalue weighted by Gasteiger charge is 2.31. The van der Waals surface area contributed by atoms with Gasteiger partial charge in [-0.15, -0.1) is 5.10 Å². The normalized spacial score (nSPS) is 12.9. The molecule has 2 rings (SSSR count). The lowest BCUT2D eigenvalue weighted by atomic mass is 10.1. The molecule has 27 heavy (non-hydrogen) atoms. The third-order valence-corrected chi connectivity index (χ3v) is 3.64. The van der Waals surface area contributed by atoms with Crippen molar-refractivity contribution in [2.45, 2.75) is 39.5 Å². The van der Waals surface area contributed by atoms with Gasteiger partial charge in [0, 0.05) is 6.54 Å². The van der Waals surface area contributed by atoms with E-state index in [1.54, 1.807) is 13.8 Å². The smallest absolute Gasteiger partial charge is 0.416 e. The molecule has 0 saturated heterocycles. The maximum atomic E-state index is 14.0. The number of benzene rings is 1. The number of nitrogens with zero attached hydrogens (tertiary/aromatic N) is 3. The van der Waals surface area contributed by atoms with Crippen molar-refractivity contribution in [3.8, 4) is 11.7 Å². The standard InChI is InChI=1S/C17H20F4N4O2/c1-4-7-22-15(26)14(10(2)3)27-16-23-9-25(24-16)13-6-5-11(8-12(13)18)17(19,20)21/h5-6,8-10,14H,4,7H2,1-3H3,(H,22,26). The van der Waals surface area contributed by atoms with Crippen molar-refractivity contribution in [3.63, 3.8) is 0 Å². The lowest BCUT2D eigenvalue weighted by molar-refractivity contribution is -0.137. The van der Waals surface area contributed by atoms with Crippen LogP contribution in [0, 0.1) is 11.7 Å². The molecule has 1 unspecified atom stereocenters. The molecule has 6 nitrogen and oxygen atoms in total. The number of carbonyl (C=O) groups is 1. The summed E-state index contributed by atoms with van der Waals surface area (Å²) in [5, 5.41) is 6.61. The van der Waals surface area contributed by atoms with Gasteiger partial charge in [-0.3, -0.25) is 4.79 Å². The van der Waals surface area contributed by atoms with Crippen LogP contribution in [0.25, 0.3) is 5.69 Å². The molecule has 1 atom stereocenters. The first-order chi connectivity index (χ1) is 12.6. The predicted octanol–water partition coefficient (Wildman–Crippen LogP) is 3.35. The second-order valence-electron chi connectivity index (χ2n) is 6.21. The van der Waals surface area contributed by atoms with Gasteiger partial charge in [0.25, 0.3) is 5.91 Å². The Morgan fingerprint density at radius 3 is 2.59 bits per heavy atom. The van der Waals surface area contributed by atoms with Crippen molar-refractivity contribution in [1.29, 1.82) is 0 Å². The highest BCUT2D eigenvalue weighted by molar-refractivity contribution is 5.81. The summed E-state index contributed by atoms with van der Waals surface area (Å²) in [6, 6.07) is 1.90. The number of hydrogen-bond acceptors (Lipinski definition) is 4. The highest BCUT2D eigenvalue weighted by atomic mass is 19.4. The number of halogens is 4. The molecule has 1 aromatic carbocycles. The molecule has 0 fully saturated rings. The molecule has 10 heteroatoms. The average molecular weight is 388 g/mol. The summed E-state index contributed by atoms with van der Waals surface area (Å²) in [6.45, 7) is 5.96. The number of carbonyl (C=O) groups excluding carboxylic acids is 1. The molecule has 0 radical (unpaired) electrons. The van der Waals surface area contributed by atoms with Gasteiger partial charge in [0.05, 0.1) is 5.56 Å². The SMILES string of the molecule is CCCNC(=O)C(Oc1ncn(-c2ccc(C(F)(F)F)cc2F)n1)C(C)C. The minimum absolute atomic E-state index is 0.181. The van der Waals surface area contributed by atoms with E-state index in [1.807, 2.05) is 6.92 Å². The van der Waals surface area contributed by atoms with Gasteiger partial charge in [0.2, 0.25) is 0 Å². The Bertz CT molecular complexity index is 789. The number of amides is 1. The van der Waals surface area contributed by atoms with Crippen LogP contribution in [0.4, 0.5) is 17.6 Å². The molecule has 0 aliphatic carbocycles. The first-order valence-corrected chi connectivity index (χ1v) is 8.36. The Labute approximate surface area is 153 Å². The molecule has 0 bridgehead atoms. The maximum absolute atomic E-state index is 14.0. The minimum atomic E-state index is -4.65. The second-order valence-corrected chi connectivity index (χ2v) is 6.21. The van der Waals surface area contributed by atoms with Crippen LogP contribution in [0.5, 0.6) is 6.01 Å². The summed E-state index contributed by atoms with van der Waals surface area (Å²) in [5.41, 5.74) is -1.32. The first kappa shape index (κ1) is 20.7. The van der Waals surface area contributed by atoms with Crippen molar-refractivity contribution >= 4 is 5.91 Å². The molecular formula is C17H20F4N4O2. The summed E-state index contributed by atoms with van der Waals surface area (Å²) in [4.78, 5) is 16.0. The average Bonchev–Trinajstić information content (AvgIpc) is 3.04. The van der Waals surface area contributed by atoms with Crippen LogP contribution in [-0.4, -0.2) is 33.3 Å². The zero-order valence-corrected chi connectivity index (χ0v) is 15.0. The Kier molecular flexibility index (Phi) is 6.40. The fourth-order valence-electron chi connectivity index (χ4n) is 2.24. The predicted molar refractivity (Wildman–Crippen MR) is 88.9 cm³/mol. The molecule has 1 aromatic heterocycles. The summed E-state index contributed by atoms with van der Waals surface area (Å²) in [7, 11) is 0. The van der Waals surface area contributed by atoms with Crippen LogP contribution in [0.3, 0.4) is 0 Å². The number of nitrogens with one attached hydrogen (secondary N) is 1. The molecule has 1 N–H and O–H groups in total. The van der Waals surface area contributed by atoms with Crippen molar-refractivity contribution in [2.24, 2.45) is 5.92 Å². The van der Waals surface area contributed by atoms with Gasteiger partial charge in [-0.2, -0.15) is 18.2 Å². The van der Waals surface area contributed by atoms with E-state index in [0.29, 0.717) is 12.6 Å². The molecular weight excluding hydrogens is 368 g/mol. The Hall–Kier alpha value is -2.65. The van der Waals surface area contributed by atoms with Gasteiger partial charge >= 0.3 is 12.2 Å². The van der Waals surface area contributed by atoms with E-state index in [-0.39, 0.29) is 23.5 Å². The van der Waals surface area contributed by atoms with E-state index in [4.69, 9.17) is 4.74 Å². The largest absolute Gasteiger partial charge is 0.449 e. The fraction of sp³-hybridized carbons (Fsp3) is 0.471. The van der Waals surface area contributed by atoms with Gasteiger partial charge in [0.1, 0.15) is 17.8 Å². The van der Waals surface area contributed by atoms with Gasteiger partial charge in [-0.05, 0) is 30.5 Å². The molecule has 1 amide bonds. The van der Waals surface area contributed by atoms with Crippen LogP contribution in [-0.2, 0) is 11.0 Å². The summed E-state index contributed by atoms with van der Waals surface area (Å²) < 4.78 is 58.4. The monoisotopic (exact) mass is 388 g/mol. The van der Waals surface area contributed by atoms with E-state index in [9.17, 15) is 22.4 Å². The third-order valence-electron chi connectivity index (χ3n) is 3.64. The van der Waals surface area contributed by atoms with Crippen LogP contribution in [0.1, 0.15) is 32.8 Å². The second kappa shape index (κ2) is 8.36. The number of hydrogen-bond donors (Lipinski definition) is 1. The number of ether oxygens (including phenoxy) is 1. The highest BCUT2D eigenvalue weighted by Crippen LogP contribution is 2.30. The van der Waals surface area contributed by atoms with Crippen molar-refractivity contribution in [3.05, 3.63) is 35.9 Å². The lowest BCUT2D eigenvalue weighted by Crippen LogP contribution is -2.42. The van der Waals surface area contributed by atoms with Crippen LogP contribution in [0.2, 0.25) is 0 Å². The van der Waals surface area contributed by atoms with Crippen molar-refractivity contribution in [1.82, 2.24) is 20.1 Å². The zero-order valence-electron chi connectivity index (χ0n) is 15.0. The van der Waals surface area contributed by atoms with Gasteiger partial charge in [-0.1, -0.05) is 20.8 Å². The molecule has 2 aromatic rings. The van der Waals surface area contributed by atoms with E-state index in [0.717, 1.165) is 29.6 Å². The van der Waals surface area contributed by atoms with Crippen LogP contribution >= 0.6 is 0 Å². The van der Waals surface area contributed by atoms with Gasteiger partial charge in [-0.25, -0.2) is 9.07 Å². The van der Waals surface area contributed by atoms with E-state index < -0.39 is 23.7 Å². The molecule has 148 valence electrons. The summed E-state index contributed by atoms with van der Waals surface area (Å²) in [5.74, 6) is -1.62. The Morgan fingerprint density at radius 1 is 1.33 bits per heavy atom. The van der Waals surface area contributed by atoms with Gasteiger partial charge < -0.3 is 10.1 Å². The van der Waals surface area contributed by atoms with E-state index in [2.05, 4.69) is 15.4 Å².